The van der Waals surface area contributed by atoms with Gasteiger partial charge in [0.2, 0.25) is 6.79 Å². The summed E-state index contributed by atoms with van der Waals surface area (Å²) < 4.78 is 11.9. The fourth-order valence-electron chi connectivity index (χ4n) is 3.63. The Kier molecular flexibility index (Phi) is 4.43. The maximum absolute atomic E-state index is 12.6. The maximum atomic E-state index is 12.6. The highest BCUT2D eigenvalue weighted by Crippen LogP contribution is 2.35. The van der Waals surface area contributed by atoms with Crippen molar-refractivity contribution in [2.45, 2.75) is 13.8 Å². The molecule has 8 heteroatoms. The largest absolute Gasteiger partial charge is 0.454 e. The highest BCUT2D eigenvalue weighted by molar-refractivity contribution is 7.22. The van der Waals surface area contributed by atoms with Crippen LogP contribution in [0.4, 0.5) is 15.6 Å². The Morgan fingerprint density at radius 2 is 1.86 bits per heavy atom. The molecule has 2 amide bonds. The van der Waals surface area contributed by atoms with E-state index in [0.29, 0.717) is 30.3 Å². The molecule has 29 heavy (non-hydrogen) atoms. The monoisotopic (exact) mass is 410 g/mol. The van der Waals surface area contributed by atoms with Gasteiger partial charge in [-0.2, -0.15) is 0 Å². The maximum Gasteiger partial charge on any atom is 0.321 e. The van der Waals surface area contributed by atoms with Gasteiger partial charge in [-0.15, -0.1) is 0 Å². The van der Waals surface area contributed by atoms with Crippen molar-refractivity contribution in [3.05, 3.63) is 41.5 Å². The van der Waals surface area contributed by atoms with Crippen LogP contribution in [-0.2, 0) is 0 Å². The van der Waals surface area contributed by atoms with Crippen LogP contribution >= 0.6 is 11.3 Å². The highest BCUT2D eigenvalue weighted by Gasteiger charge is 2.24. The lowest BCUT2D eigenvalue weighted by atomic mass is 10.1. The van der Waals surface area contributed by atoms with Crippen molar-refractivity contribution in [3.63, 3.8) is 0 Å². The number of thiazole rings is 1. The fourth-order valence-corrected chi connectivity index (χ4v) is 4.70. The van der Waals surface area contributed by atoms with E-state index in [4.69, 9.17) is 14.5 Å². The molecule has 0 radical (unpaired) electrons. The first-order valence-corrected chi connectivity index (χ1v) is 10.5. The summed E-state index contributed by atoms with van der Waals surface area (Å²) in [5, 5.41) is 3.98. The lowest BCUT2D eigenvalue weighted by Gasteiger charge is -2.34. The van der Waals surface area contributed by atoms with Crippen molar-refractivity contribution in [3.8, 4) is 11.5 Å². The molecule has 2 aliphatic rings. The molecular formula is C21H22N4O3S. The van der Waals surface area contributed by atoms with E-state index >= 15 is 0 Å². The number of piperazine rings is 1. The summed E-state index contributed by atoms with van der Waals surface area (Å²) >= 11 is 1.72. The van der Waals surface area contributed by atoms with E-state index in [1.54, 1.807) is 17.4 Å². The van der Waals surface area contributed by atoms with Crippen LogP contribution in [0.25, 0.3) is 10.2 Å². The third kappa shape index (κ3) is 3.33. The molecule has 1 fully saturated rings. The average Bonchev–Trinajstić information content (AvgIpc) is 3.38. The quantitative estimate of drug-likeness (QED) is 0.692. The molecule has 0 saturated carbocycles. The van der Waals surface area contributed by atoms with E-state index in [1.165, 1.54) is 15.8 Å². The lowest BCUT2D eigenvalue weighted by molar-refractivity contribution is 0.174. The molecule has 2 aromatic carbocycles. The minimum Gasteiger partial charge on any atom is -0.454 e. The summed E-state index contributed by atoms with van der Waals surface area (Å²) in [6.45, 7) is 7.32. The zero-order valence-corrected chi connectivity index (χ0v) is 17.2. The molecule has 5 rings (SSSR count). The summed E-state index contributed by atoms with van der Waals surface area (Å²) in [6, 6.07) is 9.63. The Bertz CT molecular complexity index is 1090. The highest BCUT2D eigenvalue weighted by atomic mass is 32.1. The Balaban J connectivity index is 1.23. The number of amides is 2. The van der Waals surface area contributed by atoms with Gasteiger partial charge in [0, 0.05) is 37.9 Å². The molecule has 2 aliphatic heterocycles. The molecule has 3 aromatic rings. The van der Waals surface area contributed by atoms with Crippen molar-refractivity contribution in [1.29, 1.82) is 0 Å². The van der Waals surface area contributed by atoms with Crippen molar-refractivity contribution in [1.82, 2.24) is 9.88 Å². The van der Waals surface area contributed by atoms with Gasteiger partial charge in [-0.1, -0.05) is 17.4 Å². The molecule has 3 heterocycles. The number of fused-ring (bicyclic) bond motifs is 2. The second kappa shape index (κ2) is 7.11. The van der Waals surface area contributed by atoms with Crippen LogP contribution in [0, 0.1) is 13.8 Å². The zero-order valence-electron chi connectivity index (χ0n) is 16.4. The SMILES string of the molecule is Cc1ccc2sc(N3CCN(C(=O)Nc4ccc5c(c4)OCO5)CC3)nc2c1C. The van der Waals surface area contributed by atoms with Gasteiger partial charge < -0.3 is 24.6 Å². The first kappa shape index (κ1) is 18.1. The average molecular weight is 410 g/mol. The Morgan fingerprint density at radius 3 is 2.69 bits per heavy atom. The molecule has 0 unspecified atom stereocenters. The number of aromatic nitrogens is 1. The number of carbonyl (C=O) groups excluding carboxylic acids is 1. The van der Waals surface area contributed by atoms with Crippen molar-refractivity contribution in [2.24, 2.45) is 0 Å². The number of benzene rings is 2. The second-order valence-corrected chi connectivity index (χ2v) is 8.33. The van der Waals surface area contributed by atoms with Gasteiger partial charge in [-0.3, -0.25) is 0 Å². The van der Waals surface area contributed by atoms with Crippen LogP contribution in [0.2, 0.25) is 0 Å². The predicted octanol–water partition coefficient (Wildman–Crippen LogP) is 4.00. The molecule has 150 valence electrons. The summed E-state index contributed by atoms with van der Waals surface area (Å²) in [5.74, 6) is 1.37. The molecule has 0 spiro atoms. The number of hydrogen-bond acceptors (Lipinski definition) is 6. The fraction of sp³-hybridized carbons (Fsp3) is 0.333. The standard InChI is InChI=1S/C21H22N4O3S/c1-13-3-6-18-19(14(13)2)23-21(29-18)25-9-7-24(8-10-25)20(26)22-15-4-5-16-17(11-15)28-12-27-16/h3-6,11H,7-10,12H2,1-2H3,(H,22,26). The number of rotatable bonds is 2. The first-order valence-electron chi connectivity index (χ1n) is 9.66. The topological polar surface area (TPSA) is 66.9 Å². The van der Waals surface area contributed by atoms with Crippen LogP contribution in [0.3, 0.4) is 0 Å². The van der Waals surface area contributed by atoms with Gasteiger partial charge >= 0.3 is 6.03 Å². The number of ether oxygens (including phenoxy) is 2. The molecule has 1 aromatic heterocycles. The Labute approximate surface area is 172 Å². The van der Waals surface area contributed by atoms with Gasteiger partial charge in [-0.05, 0) is 43.2 Å². The summed E-state index contributed by atoms with van der Waals surface area (Å²) in [4.78, 5) is 21.6. The van der Waals surface area contributed by atoms with Crippen molar-refractivity contribution < 1.29 is 14.3 Å². The molecule has 1 saturated heterocycles. The third-order valence-corrected chi connectivity index (χ3v) is 6.62. The lowest BCUT2D eigenvalue weighted by Crippen LogP contribution is -2.50. The summed E-state index contributed by atoms with van der Waals surface area (Å²) in [7, 11) is 0. The van der Waals surface area contributed by atoms with Gasteiger partial charge in [0.25, 0.3) is 0 Å². The van der Waals surface area contributed by atoms with E-state index < -0.39 is 0 Å². The number of hydrogen-bond donors (Lipinski definition) is 1. The van der Waals surface area contributed by atoms with Crippen LogP contribution in [0.5, 0.6) is 11.5 Å². The molecule has 7 nitrogen and oxygen atoms in total. The van der Waals surface area contributed by atoms with Gasteiger partial charge in [0.15, 0.2) is 16.6 Å². The summed E-state index contributed by atoms with van der Waals surface area (Å²) in [6.07, 6.45) is 0. The van der Waals surface area contributed by atoms with Gasteiger partial charge in [0.1, 0.15) is 0 Å². The smallest absolute Gasteiger partial charge is 0.321 e. The van der Waals surface area contributed by atoms with E-state index in [-0.39, 0.29) is 12.8 Å². The predicted molar refractivity (Wildman–Crippen MR) is 114 cm³/mol. The number of nitrogens with zero attached hydrogens (tertiary/aromatic N) is 3. The normalized spacial score (nSPS) is 15.8. The molecule has 0 aliphatic carbocycles. The van der Waals surface area contributed by atoms with Crippen molar-refractivity contribution in [2.75, 3.05) is 43.2 Å². The molecule has 0 atom stereocenters. The summed E-state index contributed by atoms with van der Waals surface area (Å²) in [5.41, 5.74) is 4.30. The van der Waals surface area contributed by atoms with E-state index in [9.17, 15) is 4.79 Å². The number of carbonyl (C=O) groups is 1. The van der Waals surface area contributed by atoms with Gasteiger partial charge in [0.05, 0.1) is 10.2 Å². The number of aryl methyl sites for hydroxylation is 2. The van der Waals surface area contributed by atoms with Crippen molar-refractivity contribution >= 4 is 38.4 Å². The number of anilines is 2. The molecule has 0 bridgehead atoms. The number of urea groups is 1. The second-order valence-electron chi connectivity index (χ2n) is 7.32. The molecular weight excluding hydrogens is 388 g/mol. The third-order valence-electron chi connectivity index (χ3n) is 5.53. The Hall–Kier alpha value is -3.00. The van der Waals surface area contributed by atoms with Gasteiger partial charge in [-0.25, -0.2) is 9.78 Å². The van der Waals surface area contributed by atoms with E-state index in [1.807, 2.05) is 17.0 Å². The van der Waals surface area contributed by atoms with Crippen LogP contribution in [0.1, 0.15) is 11.1 Å². The van der Waals surface area contributed by atoms with E-state index in [2.05, 4.69) is 36.2 Å². The van der Waals surface area contributed by atoms with Crippen LogP contribution in [-0.4, -0.2) is 48.9 Å². The van der Waals surface area contributed by atoms with E-state index in [0.717, 1.165) is 23.7 Å². The first-order chi connectivity index (χ1) is 14.1. The number of nitrogens with one attached hydrogen (secondary N) is 1. The van der Waals surface area contributed by atoms with Crippen LogP contribution < -0.4 is 19.7 Å². The van der Waals surface area contributed by atoms with Crippen LogP contribution in [0.15, 0.2) is 30.3 Å². The zero-order chi connectivity index (χ0) is 20.0. The minimum atomic E-state index is -0.0979. The Morgan fingerprint density at radius 1 is 1.07 bits per heavy atom. The molecule has 1 N–H and O–H groups in total. The minimum absolute atomic E-state index is 0.0979.